The summed E-state index contributed by atoms with van der Waals surface area (Å²) >= 11 is 5.51. The second kappa shape index (κ2) is 7.65. The van der Waals surface area contributed by atoms with Crippen molar-refractivity contribution in [2.24, 2.45) is 0 Å². The SMILES string of the molecule is CN(C)c1cccc(NC(=O)C(=O)Nc2ccc(Cl)c(C(F)(F)F)c2)c1. The predicted octanol–water partition coefficient (Wildman–Crippen LogP) is 4.00. The van der Waals surface area contributed by atoms with Gasteiger partial charge in [0.15, 0.2) is 0 Å². The van der Waals surface area contributed by atoms with Gasteiger partial charge in [-0.25, -0.2) is 0 Å². The first-order valence-corrected chi connectivity index (χ1v) is 7.72. The molecule has 2 aromatic carbocycles. The summed E-state index contributed by atoms with van der Waals surface area (Å²) in [5, 5.41) is 4.01. The maximum atomic E-state index is 12.8. The highest BCUT2D eigenvalue weighted by atomic mass is 35.5. The van der Waals surface area contributed by atoms with Crippen LogP contribution in [0.5, 0.6) is 0 Å². The fraction of sp³-hybridized carbons (Fsp3) is 0.176. The van der Waals surface area contributed by atoms with E-state index in [9.17, 15) is 22.8 Å². The lowest BCUT2D eigenvalue weighted by Gasteiger charge is -2.14. The maximum Gasteiger partial charge on any atom is 0.417 e. The molecule has 0 aliphatic rings. The van der Waals surface area contributed by atoms with Gasteiger partial charge in [-0.3, -0.25) is 9.59 Å². The van der Waals surface area contributed by atoms with Gasteiger partial charge in [-0.05, 0) is 36.4 Å². The quantitative estimate of drug-likeness (QED) is 0.785. The third-order valence-electron chi connectivity index (χ3n) is 3.36. The lowest BCUT2D eigenvalue weighted by molar-refractivity contribution is -0.137. The number of alkyl halides is 3. The van der Waals surface area contributed by atoms with Crippen molar-refractivity contribution >= 4 is 40.5 Å². The average Bonchev–Trinajstić information content (AvgIpc) is 2.55. The van der Waals surface area contributed by atoms with E-state index in [4.69, 9.17) is 11.6 Å². The number of benzene rings is 2. The van der Waals surface area contributed by atoms with Crippen LogP contribution in [0.25, 0.3) is 0 Å². The molecule has 0 saturated carbocycles. The van der Waals surface area contributed by atoms with Crippen LogP contribution in [0.15, 0.2) is 42.5 Å². The molecular formula is C17H15ClF3N3O2. The lowest BCUT2D eigenvalue weighted by Crippen LogP contribution is -2.29. The van der Waals surface area contributed by atoms with Crippen molar-refractivity contribution in [1.82, 2.24) is 0 Å². The van der Waals surface area contributed by atoms with Crippen molar-refractivity contribution in [1.29, 1.82) is 0 Å². The van der Waals surface area contributed by atoms with Gasteiger partial charge in [0, 0.05) is 31.2 Å². The number of carbonyl (C=O) groups is 2. The van der Waals surface area contributed by atoms with Gasteiger partial charge >= 0.3 is 18.0 Å². The van der Waals surface area contributed by atoms with E-state index >= 15 is 0 Å². The highest BCUT2D eigenvalue weighted by molar-refractivity contribution is 6.43. The second-order valence-electron chi connectivity index (χ2n) is 5.55. The fourth-order valence-electron chi connectivity index (χ4n) is 2.06. The molecule has 0 unspecified atom stereocenters. The highest BCUT2D eigenvalue weighted by Gasteiger charge is 2.33. The van der Waals surface area contributed by atoms with Crippen LogP contribution in [-0.4, -0.2) is 25.9 Å². The Morgan fingerprint density at radius 2 is 1.54 bits per heavy atom. The van der Waals surface area contributed by atoms with Crippen molar-refractivity contribution in [3.05, 3.63) is 53.1 Å². The number of hydrogen-bond acceptors (Lipinski definition) is 3. The van der Waals surface area contributed by atoms with E-state index in [0.29, 0.717) is 11.8 Å². The topological polar surface area (TPSA) is 61.4 Å². The number of anilines is 3. The van der Waals surface area contributed by atoms with E-state index in [-0.39, 0.29) is 5.69 Å². The largest absolute Gasteiger partial charge is 0.417 e. The Bertz CT molecular complexity index is 838. The van der Waals surface area contributed by atoms with Gasteiger partial charge in [0.2, 0.25) is 0 Å². The van der Waals surface area contributed by atoms with Gasteiger partial charge in [-0.1, -0.05) is 17.7 Å². The number of nitrogens with zero attached hydrogens (tertiary/aromatic N) is 1. The number of carbonyl (C=O) groups excluding carboxylic acids is 2. The van der Waals surface area contributed by atoms with Gasteiger partial charge in [-0.15, -0.1) is 0 Å². The standard InChI is InChI=1S/C17H15ClF3N3O2/c1-24(2)12-5-3-4-10(8-12)22-15(25)16(26)23-11-6-7-14(18)13(9-11)17(19,20)21/h3-9H,1-2H3,(H,22,25)(H,23,26). The zero-order valence-corrected chi connectivity index (χ0v) is 14.6. The molecule has 2 aromatic rings. The van der Waals surface area contributed by atoms with Gasteiger partial charge in [0.1, 0.15) is 0 Å². The van der Waals surface area contributed by atoms with Crippen molar-refractivity contribution in [2.75, 3.05) is 29.6 Å². The molecule has 138 valence electrons. The van der Waals surface area contributed by atoms with Crippen LogP contribution in [0.4, 0.5) is 30.2 Å². The Kier molecular flexibility index (Phi) is 5.76. The zero-order valence-electron chi connectivity index (χ0n) is 13.8. The molecule has 9 heteroatoms. The Labute approximate surface area is 152 Å². The van der Waals surface area contributed by atoms with Gasteiger partial charge < -0.3 is 15.5 Å². The molecule has 0 fully saturated rings. The number of halogens is 4. The van der Waals surface area contributed by atoms with E-state index < -0.39 is 28.6 Å². The monoisotopic (exact) mass is 385 g/mol. The summed E-state index contributed by atoms with van der Waals surface area (Å²) in [4.78, 5) is 25.7. The molecule has 0 aromatic heterocycles. The summed E-state index contributed by atoms with van der Waals surface area (Å²) in [5.74, 6) is -2.11. The molecule has 0 saturated heterocycles. The van der Waals surface area contributed by atoms with E-state index in [0.717, 1.165) is 11.8 Å². The van der Waals surface area contributed by atoms with Crippen LogP contribution in [0.2, 0.25) is 5.02 Å². The molecule has 0 heterocycles. The van der Waals surface area contributed by atoms with E-state index in [2.05, 4.69) is 10.6 Å². The summed E-state index contributed by atoms with van der Waals surface area (Å²) in [6.07, 6.45) is -4.67. The first-order chi connectivity index (χ1) is 12.1. The Hall–Kier alpha value is -2.74. The predicted molar refractivity (Wildman–Crippen MR) is 94.5 cm³/mol. The first kappa shape index (κ1) is 19.6. The highest BCUT2D eigenvalue weighted by Crippen LogP contribution is 2.36. The second-order valence-corrected chi connectivity index (χ2v) is 5.95. The molecule has 5 nitrogen and oxygen atoms in total. The third-order valence-corrected chi connectivity index (χ3v) is 3.69. The molecule has 0 atom stereocenters. The number of hydrogen-bond donors (Lipinski definition) is 2. The molecule has 0 bridgehead atoms. The molecule has 2 N–H and O–H groups in total. The minimum absolute atomic E-state index is 0.191. The van der Waals surface area contributed by atoms with Gasteiger partial charge in [0.05, 0.1) is 10.6 Å². The molecule has 0 aliphatic carbocycles. The molecule has 2 amide bonds. The van der Waals surface area contributed by atoms with E-state index in [1.54, 1.807) is 18.2 Å². The van der Waals surface area contributed by atoms with Crippen LogP contribution in [0, 0.1) is 0 Å². The van der Waals surface area contributed by atoms with Crippen LogP contribution in [-0.2, 0) is 15.8 Å². The van der Waals surface area contributed by atoms with Crippen LogP contribution < -0.4 is 15.5 Å². The fourth-order valence-corrected chi connectivity index (χ4v) is 2.28. The smallest absolute Gasteiger partial charge is 0.378 e. The molecule has 0 aliphatic heterocycles. The summed E-state index contributed by atoms with van der Waals surface area (Å²) in [6.45, 7) is 0. The van der Waals surface area contributed by atoms with Crippen molar-refractivity contribution in [3.8, 4) is 0 Å². The number of rotatable bonds is 3. The summed E-state index contributed by atoms with van der Waals surface area (Å²) < 4.78 is 38.5. The molecule has 2 rings (SSSR count). The van der Waals surface area contributed by atoms with Crippen LogP contribution >= 0.6 is 11.6 Å². The summed E-state index contributed by atoms with van der Waals surface area (Å²) in [7, 11) is 3.62. The maximum absolute atomic E-state index is 12.8. The molecule has 0 radical (unpaired) electrons. The normalized spacial score (nSPS) is 11.0. The van der Waals surface area contributed by atoms with Gasteiger partial charge in [-0.2, -0.15) is 13.2 Å². The van der Waals surface area contributed by atoms with Crippen molar-refractivity contribution in [3.63, 3.8) is 0 Å². The van der Waals surface area contributed by atoms with Crippen molar-refractivity contribution < 1.29 is 22.8 Å². The molecular weight excluding hydrogens is 371 g/mol. The zero-order chi connectivity index (χ0) is 19.5. The Morgan fingerprint density at radius 1 is 0.962 bits per heavy atom. The van der Waals surface area contributed by atoms with Crippen LogP contribution in [0.1, 0.15) is 5.56 Å². The van der Waals surface area contributed by atoms with Gasteiger partial charge in [0.25, 0.3) is 0 Å². The Balaban J connectivity index is 2.10. The summed E-state index contributed by atoms with van der Waals surface area (Å²) in [6, 6.07) is 9.57. The van der Waals surface area contributed by atoms with E-state index in [1.165, 1.54) is 6.07 Å². The minimum Gasteiger partial charge on any atom is -0.378 e. The number of amides is 2. The molecule has 26 heavy (non-hydrogen) atoms. The first-order valence-electron chi connectivity index (χ1n) is 7.34. The van der Waals surface area contributed by atoms with E-state index in [1.807, 2.05) is 25.1 Å². The average molecular weight is 386 g/mol. The minimum atomic E-state index is -4.67. The summed E-state index contributed by atoms with van der Waals surface area (Å²) in [5.41, 5.74) is -0.112. The third kappa shape index (κ3) is 4.89. The Morgan fingerprint density at radius 3 is 2.08 bits per heavy atom. The lowest BCUT2D eigenvalue weighted by atomic mass is 10.2. The molecule has 0 spiro atoms. The number of nitrogens with one attached hydrogen (secondary N) is 2. The van der Waals surface area contributed by atoms with Crippen molar-refractivity contribution in [2.45, 2.75) is 6.18 Å². The van der Waals surface area contributed by atoms with Crippen LogP contribution in [0.3, 0.4) is 0 Å².